The smallest absolute Gasteiger partial charge is 0.255 e. The van der Waals surface area contributed by atoms with Crippen molar-refractivity contribution < 1.29 is 8.78 Å². The summed E-state index contributed by atoms with van der Waals surface area (Å²) in [5.41, 5.74) is 6.49. The van der Waals surface area contributed by atoms with Gasteiger partial charge in [0.05, 0.1) is 6.54 Å². The molecule has 0 saturated heterocycles. The number of halogens is 2. The molecule has 1 aromatic carbocycles. The fourth-order valence-corrected chi connectivity index (χ4v) is 1.67. The third-order valence-electron chi connectivity index (χ3n) is 2.57. The molecule has 1 aromatic heterocycles. The zero-order valence-corrected chi connectivity index (χ0v) is 10.4. The molecule has 0 atom stereocenters. The molecule has 0 spiro atoms. The van der Waals surface area contributed by atoms with Gasteiger partial charge in [-0.05, 0) is 0 Å². The third kappa shape index (κ3) is 3.37. The van der Waals surface area contributed by atoms with Crippen LogP contribution in [0.15, 0.2) is 36.4 Å². The van der Waals surface area contributed by atoms with Gasteiger partial charge in [0.25, 0.3) is 6.43 Å². The van der Waals surface area contributed by atoms with Gasteiger partial charge >= 0.3 is 0 Å². The number of aromatic nitrogens is 2. The van der Waals surface area contributed by atoms with Crippen LogP contribution in [0.2, 0.25) is 0 Å². The lowest BCUT2D eigenvalue weighted by molar-refractivity contribution is 0.156. The second kappa shape index (κ2) is 5.60. The van der Waals surface area contributed by atoms with Crippen LogP contribution in [-0.2, 0) is 0 Å². The molecular formula is C13H14F2N4. The molecule has 2 N–H and O–H groups in total. The molecule has 6 heteroatoms. The molecule has 2 rings (SSSR count). The number of anilines is 2. The van der Waals surface area contributed by atoms with E-state index < -0.39 is 13.0 Å². The van der Waals surface area contributed by atoms with Gasteiger partial charge in [0.2, 0.25) is 0 Å². The molecule has 0 aliphatic carbocycles. The molecule has 4 nitrogen and oxygen atoms in total. The molecule has 0 aliphatic heterocycles. The van der Waals surface area contributed by atoms with Gasteiger partial charge in [-0.3, -0.25) is 0 Å². The molecule has 1 heterocycles. The Bertz CT molecular complexity index is 546. The van der Waals surface area contributed by atoms with Crippen molar-refractivity contribution in [2.45, 2.75) is 6.43 Å². The van der Waals surface area contributed by atoms with E-state index >= 15 is 0 Å². The molecular weight excluding hydrogens is 250 g/mol. The maximum atomic E-state index is 12.4. The number of nitrogen functional groups attached to an aromatic ring is 1. The van der Waals surface area contributed by atoms with Crippen molar-refractivity contribution in [3.8, 4) is 11.4 Å². The first kappa shape index (κ1) is 13.2. The molecule has 0 bridgehead atoms. The molecule has 100 valence electrons. The first-order chi connectivity index (χ1) is 9.06. The summed E-state index contributed by atoms with van der Waals surface area (Å²) in [6, 6.07) is 10.7. The lowest BCUT2D eigenvalue weighted by Crippen LogP contribution is -2.25. The van der Waals surface area contributed by atoms with Gasteiger partial charge in [0, 0.05) is 18.7 Å². The molecule has 0 unspecified atom stereocenters. The lowest BCUT2D eigenvalue weighted by Gasteiger charge is -2.18. The molecule has 0 fully saturated rings. The zero-order valence-electron chi connectivity index (χ0n) is 10.4. The van der Waals surface area contributed by atoms with Gasteiger partial charge in [0.15, 0.2) is 5.82 Å². The zero-order chi connectivity index (χ0) is 13.8. The standard InChI is InChI=1S/C13H14F2N4/c1-19(8-10(14)15)12-7-11(16)17-13(18-12)9-5-3-2-4-6-9/h2-7,10H,8H2,1H3,(H2,16,17,18). The van der Waals surface area contributed by atoms with Crippen LogP contribution in [0.4, 0.5) is 20.4 Å². The number of alkyl halides is 2. The summed E-state index contributed by atoms with van der Waals surface area (Å²) < 4.78 is 24.8. The Balaban J connectivity index is 2.35. The van der Waals surface area contributed by atoms with Crippen molar-refractivity contribution in [3.05, 3.63) is 36.4 Å². The summed E-state index contributed by atoms with van der Waals surface area (Å²) >= 11 is 0. The predicted octanol–water partition coefficient (Wildman–Crippen LogP) is 2.43. The van der Waals surface area contributed by atoms with Crippen LogP contribution >= 0.6 is 0 Å². The van der Waals surface area contributed by atoms with Gasteiger partial charge in [-0.1, -0.05) is 30.3 Å². The summed E-state index contributed by atoms with van der Waals surface area (Å²) in [5, 5.41) is 0. The van der Waals surface area contributed by atoms with Crippen LogP contribution in [0, 0.1) is 0 Å². The first-order valence-corrected chi connectivity index (χ1v) is 5.75. The van der Waals surface area contributed by atoms with Gasteiger partial charge in [0.1, 0.15) is 11.6 Å². The molecule has 2 aromatic rings. The fraction of sp³-hybridized carbons (Fsp3) is 0.231. The Kier molecular flexibility index (Phi) is 3.89. The van der Waals surface area contributed by atoms with E-state index in [1.165, 1.54) is 11.0 Å². The van der Waals surface area contributed by atoms with E-state index in [9.17, 15) is 8.78 Å². The van der Waals surface area contributed by atoms with E-state index in [1.807, 2.05) is 30.3 Å². The Morgan fingerprint density at radius 3 is 2.53 bits per heavy atom. The normalized spacial score (nSPS) is 10.7. The SMILES string of the molecule is CN(CC(F)F)c1cc(N)nc(-c2ccccc2)n1. The van der Waals surface area contributed by atoms with Crippen molar-refractivity contribution in [1.82, 2.24) is 9.97 Å². The van der Waals surface area contributed by atoms with E-state index in [0.717, 1.165) is 5.56 Å². The van der Waals surface area contributed by atoms with Gasteiger partial charge in [-0.2, -0.15) is 0 Å². The van der Waals surface area contributed by atoms with E-state index in [2.05, 4.69) is 9.97 Å². The highest BCUT2D eigenvalue weighted by Gasteiger charge is 2.12. The van der Waals surface area contributed by atoms with E-state index in [1.54, 1.807) is 7.05 Å². The average molecular weight is 264 g/mol. The van der Waals surface area contributed by atoms with Crippen molar-refractivity contribution >= 4 is 11.6 Å². The van der Waals surface area contributed by atoms with Crippen molar-refractivity contribution in [1.29, 1.82) is 0 Å². The van der Waals surface area contributed by atoms with E-state index in [-0.39, 0.29) is 5.82 Å². The van der Waals surface area contributed by atoms with Gasteiger partial charge in [-0.15, -0.1) is 0 Å². The highest BCUT2D eigenvalue weighted by molar-refractivity contribution is 5.60. The molecule has 0 saturated carbocycles. The van der Waals surface area contributed by atoms with Gasteiger partial charge < -0.3 is 10.6 Å². The minimum absolute atomic E-state index is 0.255. The topological polar surface area (TPSA) is 55.0 Å². The molecule has 0 aliphatic rings. The highest BCUT2D eigenvalue weighted by atomic mass is 19.3. The number of rotatable bonds is 4. The second-order valence-electron chi connectivity index (χ2n) is 4.11. The average Bonchev–Trinajstić information content (AvgIpc) is 2.38. The maximum Gasteiger partial charge on any atom is 0.255 e. The minimum Gasteiger partial charge on any atom is -0.384 e. The van der Waals surface area contributed by atoms with E-state index in [4.69, 9.17) is 5.73 Å². The predicted molar refractivity (Wildman–Crippen MR) is 71.2 cm³/mol. The first-order valence-electron chi connectivity index (χ1n) is 5.75. The minimum atomic E-state index is -2.43. The van der Waals surface area contributed by atoms with Crippen molar-refractivity contribution in [3.63, 3.8) is 0 Å². The number of benzene rings is 1. The second-order valence-corrected chi connectivity index (χ2v) is 4.11. The van der Waals surface area contributed by atoms with Crippen LogP contribution < -0.4 is 10.6 Å². The van der Waals surface area contributed by atoms with E-state index in [0.29, 0.717) is 11.6 Å². The highest BCUT2D eigenvalue weighted by Crippen LogP contribution is 2.20. The maximum absolute atomic E-state index is 12.4. The quantitative estimate of drug-likeness (QED) is 0.921. The summed E-state index contributed by atoms with van der Waals surface area (Å²) in [5.74, 6) is 1.06. The van der Waals surface area contributed by atoms with Crippen LogP contribution in [-0.4, -0.2) is 30.0 Å². The lowest BCUT2D eigenvalue weighted by atomic mass is 10.2. The number of nitrogens with zero attached hydrogens (tertiary/aromatic N) is 3. The molecule has 0 radical (unpaired) electrons. The fourth-order valence-electron chi connectivity index (χ4n) is 1.67. The van der Waals surface area contributed by atoms with Crippen LogP contribution in [0.1, 0.15) is 0 Å². The summed E-state index contributed by atoms with van der Waals surface area (Å²) in [7, 11) is 1.54. The third-order valence-corrected chi connectivity index (χ3v) is 2.57. The summed E-state index contributed by atoms with van der Waals surface area (Å²) in [6.45, 7) is -0.398. The largest absolute Gasteiger partial charge is 0.384 e. The number of hydrogen-bond acceptors (Lipinski definition) is 4. The summed E-state index contributed by atoms with van der Waals surface area (Å²) in [4.78, 5) is 9.73. The van der Waals surface area contributed by atoms with Gasteiger partial charge in [-0.25, -0.2) is 18.7 Å². The summed E-state index contributed by atoms with van der Waals surface area (Å²) in [6.07, 6.45) is -2.43. The number of hydrogen-bond donors (Lipinski definition) is 1. The Labute approximate surface area is 109 Å². The van der Waals surface area contributed by atoms with Crippen molar-refractivity contribution in [2.24, 2.45) is 0 Å². The monoisotopic (exact) mass is 264 g/mol. The Morgan fingerprint density at radius 1 is 1.21 bits per heavy atom. The Morgan fingerprint density at radius 2 is 1.89 bits per heavy atom. The van der Waals surface area contributed by atoms with Crippen LogP contribution in [0.3, 0.4) is 0 Å². The van der Waals surface area contributed by atoms with Crippen LogP contribution in [0.25, 0.3) is 11.4 Å². The number of nitrogens with two attached hydrogens (primary N) is 1. The van der Waals surface area contributed by atoms with Crippen LogP contribution in [0.5, 0.6) is 0 Å². The Hall–Kier alpha value is -2.24. The molecule has 0 amide bonds. The van der Waals surface area contributed by atoms with Crippen molar-refractivity contribution in [2.75, 3.05) is 24.2 Å². The molecule has 19 heavy (non-hydrogen) atoms.